The van der Waals surface area contributed by atoms with Gasteiger partial charge in [-0.15, -0.1) is 0 Å². The predicted octanol–water partition coefficient (Wildman–Crippen LogP) is 3.12. The van der Waals surface area contributed by atoms with E-state index in [-0.39, 0.29) is 0 Å². The molecule has 2 heterocycles. The number of benzene rings is 2. The summed E-state index contributed by atoms with van der Waals surface area (Å²) in [5, 5.41) is 14.1. The molecule has 6 nitrogen and oxygen atoms in total. The van der Waals surface area contributed by atoms with Gasteiger partial charge in [0.1, 0.15) is 11.3 Å². The predicted molar refractivity (Wildman–Crippen MR) is 108 cm³/mol. The highest BCUT2D eigenvalue weighted by Gasteiger charge is 2.21. The van der Waals surface area contributed by atoms with Gasteiger partial charge in [0, 0.05) is 12.6 Å². The molecule has 1 aliphatic heterocycles. The van der Waals surface area contributed by atoms with Gasteiger partial charge in [-0.2, -0.15) is 0 Å². The fourth-order valence-electron chi connectivity index (χ4n) is 3.72. The monoisotopic (exact) mass is 381 g/mol. The quantitative estimate of drug-likeness (QED) is 0.655. The van der Waals surface area contributed by atoms with E-state index in [9.17, 15) is 5.11 Å². The number of β-amino-alcohol motifs (C(OH)–C–C–N with tert-alkyl or cyclic N) is 1. The summed E-state index contributed by atoms with van der Waals surface area (Å²) in [5.41, 5.74) is 2.67. The number of ether oxygens (including phenoxy) is 1. The number of aromatic nitrogens is 1. The van der Waals surface area contributed by atoms with Crippen LogP contribution in [0.4, 0.5) is 0 Å². The lowest BCUT2D eigenvalue weighted by atomic mass is 10.0. The van der Waals surface area contributed by atoms with Crippen LogP contribution >= 0.6 is 0 Å². The lowest BCUT2D eigenvalue weighted by Crippen LogP contribution is -2.43. The molecule has 1 saturated heterocycles. The topological polar surface area (TPSA) is 70.8 Å². The van der Waals surface area contributed by atoms with Crippen molar-refractivity contribution in [2.75, 3.05) is 26.7 Å². The van der Waals surface area contributed by atoms with E-state index in [0.717, 1.165) is 54.2 Å². The number of nitrogens with one attached hydrogen (secondary N) is 1. The van der Waals surface area contributed by atoms with Crippen LogP contribution in [-0.2, 0) is 6.54 Å². The molecule has 0 bridgehead atoms. The Hall–Kier alpha value is -2.41. The zero-order chi connectivity index (χ0) is 19.3. The van der Waals surface area contributed by atoms with Crippen LogP contribution in [0.3, 0.4) is 0 Å². The van der Waals surface area contributed by atoms with Gasteiger partial charge in [-0.25, -0.2) is 4.98 Å². The molecule has 148 valence electrons. The van der Waals surface area contributed by atoms with Gasteiger partial charge in [0.2, 0.25) is 5.89 Å². The maximum absolute atomic E-state index is 10.5. The summed E-state index contributed by atoms with van der Waals surface area (Å²) in [6, 6.07) is 15.9. The van der Waals surface area contributed by atoms with Crippen molar-refractivity contribution in [1.82, 2.24) is 15.2 Å². The minimum atomic E-state index is -0.477. The highest BCUT2D eigenvalue weighted by atomic mass is 16.5. The molecule has 1 fully saturated rings. The molecule has 2 aromatic carbocycles. The normalized spacial score (nSPS) is 17.1. The molecule has 0 aliphatic carbocycles. The number of hydrogen-bond donors (Lipinski definition) is 2. The number of aliphatic hydroxyl groups is 1. The van der Waals surface area contributed by atoms with Gasteiger partial charge in [-0.3, -0.25) is 0 Å². The van der Waals surface area contributed by atoms with Crippen LogP contribution in [0.25, 0.3) is 11.1 Å². The second kappa shape index (κ2) is 8.73. The van der Waals surface area contributed by atoms with E-state index in [1.807, 2.05) is 48.5 Å². The highest BCUT2D eigenvalue weighted by Crippen LogP contribution is 2.21. The second-order valence-corrected chi connectivity index (χ2v) is 7.32. The van der Waals surface area contributed by atoms with Gasteiger partial charge >= 0.3 is 0 Å². The summed E-state index contributed by atoms with van der Waals surface area (Å²) in [7, 11) is 1.65. The first kappa shape index (κ1) is 18.9. The summed E-state index contributed by atoms with van der Waals surface area (Å²) in [5.74, 6) is 1.54. The van der Waals surface area contributed by atoms with Crippen LogP contribution in [0, 0.1) is 0 Å². The lowest BCUT2D eigenvalue weighted by molar-refractivity contribution is 0.0937. The second-order valence-electron chi connectivity index (χ2n) is 7.32. The van der Waals surface area contributed by atoms with Gasteiger partial charge < -0.3 is 24.5 Å². The fraction of sp³-hybridized carbons (Fsp3) is 0.409. The van der Waals surface area contributed by atoms with E-state index in [1.54, 1.807) is 7.11 Å². The molecule has 1 aromatic heterocycles. The number of hydrogen-bond acceptors (Lipinski definition) is 6. The molecule has 1 unspecified atom stereocenters. The summed E-state index contributed by atoms with van der Waals surface area (Å²) in [4.78, 5) is 6.84. The summed E-state index contributed by atoms with van der Waals surface area (Å²) >= 11 is 0. The molecule has 0 amide bonds. The number of oxazole rings is 1. The maximum Gasteiger partial charge on any atom is 0.209 e. The highest BCUT2D eigenvalue weighted by molar-refractivity contribution is 5.72. The Morgan fingerprint density at radius 3 is 2.64 bits per heavy atom. The smallest absolute Gasteiger partial charge is 0.209 e. The molecule has 28 heavy (non-hydrogen) atoms. The third-order valence-corrected chi connectivity index (χ3v) is 5.40. The lowest BCUT2D eigenvalue weighted by Gasteiger charge is -2.33. The number of para-hydroxylation sites is 2. The Balaban J connectivity index is 1.22. The van der Waals surface area contributed by atoms with Gasteiger partial charge in [0.25, 0.3) is 0 Å². The van der Waals surface area contributed by atoms with E-state index in [4.69, 9.17) is 9.15 Å². The third-order valence-electron chi connectivity index (χ3n) is 5.40. The van der Waals surface area contributed by atoms with Crippen LogP contribution in [0.15, 0.2) is 52.9 Å². The van der Waals surface area contributed by atoms with Crippen molar-refractivity contribution in [2.24, 2.45) is 0 Å². The summed E-state index contributed by atoms with van der Waals surface area (Å²) in [6.07, 6.45) is 1.63. The number of likely N-dealkylation sites (tertiary alicyclic amines) is 1. The molecule has 0 spiro atoms. The van der Waals surface area contributed by atoms with E-state index < -0.39 is 6.10 Å². The number of aliphatic hydroxyl groups excluding tert-OH is 1. The van der Waals surface area contributed by atoms with Crippen molar-refractivity contribution in [3.8, 4) is 5.75 Å². The first-order valence-corrected chi connectivity index (χ1v) is 9.83. The zero-order valence-electron chi connectivity index (χ0n) is 16.2. The first-order chi connectivity index (χ1) is 13.7. The summed E-state index contributed by atoms with van der Waals surface area (Å²) in [6.45, 7) is 3.24. The van der Waals surface area contributed by atoms with Gasteiger partial charge in [-0.05, 0) is 55.8 Å². The SMILES string of the molecule is COc1ccc(C(O)CN2CCC(NCc3nc4ccccc4o3)CC2)cc1. The fourth-order valence-corrected chi connectivity index (χ4v) is 3.72. The minimum Gasteiger partial charge on any atom is -0.497 e. The van der Waals surface area contributed by atoms with E-state index in [0.29, 0.717) is 19.1 Å². The van der Waals surface area contributed by atoms with E-state index in [1.165, 1.54) is 0 Å². The number of methoxy groups -OCH3 is 1. The minimum absolute atomic E-state index is 0.449. The molecule has 1 aliphatic rings. The molecule has 0 radical (unpaired) electrons. The van der Waals surface area contributed by atoms with Gasteiger partial charge in [0.05, 0.1) is 19.8 Å². The van der Waals surface area contributed by atoms with Crippen LogP contribution in [0.1, 0.15) is 30.4 Å². The van der Waals surface area contributed by atoms with Crippen molar-refractivity contribution in [2.45, 2.75) is 31.5 Å². The number of fused-ring (bicyclic) bond motifs is 1. The maximum atomic E-state index is 10.5. The van der Waals surface area contributed by atoms with Crippen molar-refractivity contribution in [3.63, 3.8) is 0 Å². The molecule has 0 saturated carbocycles. The average molecular weight is 381 g/mol. The largest absolute Gasteiger partial charge is 0.497 e. The molecule has 2 N–H and O–H groups in total. The van der Waals surface area contributed by atoms with Crippen molar-refractivity contribution < 1.29 is 14.3 Å². The first-order valence-electron chi connectivity index (χ1n) is 9.83. The Morgan fingerprint density at radius 2 is 1.93 bits per heavy atom. The molecular weight excluding hydrogens is 354 g/mol. The van der Waals surface area contributed by atoms with Crippen LogP contribution in [0.5, 0.6) is 5.75 Å². The Bertz CT molecular complexity index is 852. The summed E-state index contributed by atoms with van der Waals surface area (Å²) < 4.78 is 10.9. The Morgan fingerprint density at radius 1 is 1.18 bits per heavy atom. The number of nitrogens with zero attached hydrogens (tertiary/aromatic N) is 2. The number of rotatable bonds is 7. The number of piperidine rings is 1. The van der Waals surface area contributed by atoms with E-state index in [2.05, 4.69) is 15.2 Å². The van der Waals surface area contributed by atoms with Crippen molar-refractivity contribution >= 4 is 11.1 Å². The van der Waals surface area contributed by atoms with Crippen molar-refractivity contribution in [3.05, 3.63) is 60.0 Å². The van der Waals surface area contributed by atoms with Crippen LogP contribution in [0.2, 0.25) is 0 Å². The molecule has 1 atom stereocenters. The Labute approximate surface area is 165 Å². The van der Waals surface area contributed by atoms with E-state index >= 15 is 0 Å². The van der Waals surface area contributed by atoms with Crippen molar-refractivity contribution in [1.29, 1.82) is 0 Å². The average Bonchev–Trinajstić information content (AvgIpc) is 3.16. The van der Waals surface area contributed by atoms with Crippen LogP contribution in [-0.4, -0.2) is 47.8 Å². The van der Waals surface area contributed by atoms with Gasteiger partial charge in [-0.1, -0.05) is 24.3 Å². The Kier molecular flexibility index (Phi) is 5.90. The molecule has 3 aromatic rings. The molecule has 6 heteroatoms. The standard InChI is InChI=1S/C22H27N3O3/c1-27-18-8-6-16(7-9-18)20(26)15-25-12-10-17(11-13-25)23-14-22-24-19-4-2-3-5-21(19)28-22/h2-9,17,20,23,26H,10-15H2,1H3. The van der Waals surface area contributed by atoms with Gasteiger partial charge in [0.15, 0.2) is 5.58 Å². The zero-order valence-corrected chi connectivity index (χ0v) is 16.2. The van der Waals surface area contributed by atoms with Crippen LogP contribution < -0.4 is 10.1 Å². The third kappa shape index (κ3) is 4.52. The molecular formula is C22H27N3O3. The molecule has 4 rings (SSSR count).